The van der Waals surface area contributed by atoms with E-state index in [1.807, 2.05) is 89.8 Å². The minimum Gasteiger partial charge on any atom is -0.494 e. The van der Waals surface area contributed by atoms with Crippen LogP contribution in [0.2, 0.25) is 0 Å². The average Bonchev–Trinajstić information content (AvgIpc) is 1.69. The summed E-state index contributed by atoms with van der Waals surface area (Å²) in [6.45, 7) is 11.8. The molecule has 6 amide bonds. The van der Waals surface area contributed by atoms with E-state index in [0.29, 0.717) is 265 Å². The van der Waals surface area contributed by atoms with Gasteiger partial charge in [-0.2, -0.15) is 0 Å². The fourth-order valence-electron chi connectivity index (χ4n) is 13.7. The lowest BCUT2D eigenvalue weighted by Gasteiger charge is -2.24. The second kappa shape index (κ2) is 58.0. The smallest absolute Gasteiger partial charge is 0.304 e. The summed E-state index contributed by atoms with van der Waals surface area (Å²) in [5, 5.41) is 34.6. The van der Waals surface area contributed by atoms with E-state index in [0.717, 1.165) is 65.1 Å². The normalized spacial score (nSPS) is 13.8. The number of nitrogens with one attached hydrogen (secondary N) is 5. The van der Waals surface area contributed by atoms with Crippen molar-refractivity contribution < 1.29 is 96.1 Å². The van der Waals surface area contributed by atoms with Gasteiger partial charge in [-0.15, -0.1) is 0 Å². The van der Waals surface area contributed by atoms with Gasteiger partial charge in [0.05, 0.1) is 97.2 Å². The first-order chi connectivity index (χ1) is 57.9. The Kier molecular flexibility index (Phi) is 46.9. The van der Waals surface area contributed by atoms with Gasteiger partial charge in [-0.1, -0.05) is 49.2 Å². The number of amides is 6. The molecule has 4 heterocycles. The fraction of sp³-hybridized carbons (Fsp3) is 0.573. The molecule has 119 heavy (non-hydrogen) atoms. The van der Waals surface area contributed by atoms with Crippen LogP contribution in [-0.4, -0.2) is 239 Å². The van der Waals surface area contributed by atoms with Gasteiger partial charge in [0.25, 0.3) is 0 Å². The lowest BCUT2D eigenvalue weighted by atomic mass is 9.94. The number of aliphatic carboxylic acids is 2. The quantitative estimate of drug-likeness (QED) is 0.0140. The van der Waals surface area contributed by atoms with Crippen LogP contribution in [0.3, 0.4) is 0 Å². The van der Waals surface area contributed by atoms with Crippen LogP contribution in [0.25, 0.3) is 0 Å². The Labute approximate surface area is 699 Å². The lowest BCUT2D eigenvalue weighted by molar-refractivity contribution is -0.144. The van der Waals surface area contributed by atoms with Gasteiger partial charge in [0, 0.05) is 142 Å². The molecule has 2 aliphatic rings. The SMILES string of the molecule is CC(=O)CC(=O)CCc1ccc(NC(=O)CCCC(=O)N(CCCCCC(=O)NCCCOCCOCCOCCCN2Cc3cc(OCCCNc4ccccn4)ccc3CC(CC(=O)O)C2=O)CCCCCC(=O)NCCCOCCOCCOCCCN2Cc3cc(OCCCNc4ccccn4)ccc3CC(CC(=O)O)C2=O)cc1. The number of benzene rings is 3. The number of aromatic nitrogens is 2. The van der Waals surface area contributed by atoms with Crippen molar-refractivity contribution in [3.8, 4) is 11.5 Å². The molecule has 7 rings (SSSR count). The van der Waals surface area contributed by atoms with Gasteiger partial charge in [-0.25, -0.2) is 9.97 Å². The number of anilines is 3. The Morgan fingerprint density at radius 2 is 0.882 bits per heavy atom. The second-order valence-corrected chi connectivity index (χ2v) is 29.9. The molecule has 0 radical (unpaired) electrons. The maximum absolute atomic E-state index is 13.7. The third-order valence-electron chi connectivity index (χ3n) is 20.0. The number of unbranched alkanes of at least 4 members (excludes halogenated alkanes) is 4. The predicted octanol–water partition coefficient (Wildman–Crippen LogP) is 10.0. The number of rotatable bonds is 66. The van der Waals surface area contributed by atoms with E-state index in [1.165, 1.54) is 6.92 Å². The minimum atomic E-state index is -1.01. The molecular weight excluding hydrogens is 1530 g/mol. The van der Waals surface area contributed by atoms with Crippen LogP contribution in [0.5, 0.6) is 11.5 Å². The first-order valence-corrected chi connectivity index (χ1v) is 42.4. The van der Waals surface area contributed by atoms with Crippen molar-refractivity contribution in [3.05, 3.63) is 137 Å². The molecule has 7 N–H and O–H groups in total. The van der Waals surface area contributed by atoms with Crippen LogP contribution in [0.15, 0.2) is 109 Å². The number of carboxylic acids is 2. The number of ether oxygens (including phenoxy) is 8. The Morgan fingerprint density at radius 1 is 0.445 bits per heavy atom. The van der Waals surface area contributed by atoms with Gasteiger partial charge in [0.15, 0.2) is 0 Å². The number of carboxylic acid groups (broad SMARTS) is 2. The van der Waals surface area contributed by atoms with Crippen molar-refractivity contribution in [3.63, 3.8) is 0 Å². The molecule has 0 saturated carbocycles. The number of ketones is 2. The fourth-order valence-corrected chi connectivity index (χ4v) is 13.7. The third-order valence-corrected chi connectivity index (χ3v) is 20.0. The summed E-state index contributed by atoms with van der Waals surface area (Å²) >= 11 is 0. The zero-order valence-corrected chi connectivity index (χ0v) is 69.5. The van der Waals surface area contributed by atoms with Gasteiger partial charge in [0.1, 0.15) is 34.7 Å². The lowest BCUT2D eigenvalue weighted by Crippen LogP contribution is -2.36. The topological polar surface area (TPSA) is 381 Å². The highest BCUT2D eigenvalue weighted by atomic mass is 16.5. The Bertz CT molecular complexity index is 3650. The first kappa shape index (κ1) is 96.2. The van der Waals surface area contributed by atoms with Crippen LogP contribution in [-0.2, 0) is 109 Å². The predicted molar refractivity (Wildman–Crippen MR) is 449 cm³/mol. The van der Waals surface area contributed by atoms with Gasteiger partial charge >= 0.3 is 11.9 Å². The molecule has 0 aliphatic carbocycles. The zero-order valence-electron chi connectivity index (χ0n) is 69.5. The highest BCUT2D eigenvalue weighted by Crippen LogP contribution is 2.31. The van der Waals surface area contributed by atoms with Crippen molar-refractivity contribution in [2.45, 2.75) is 174 Å². The summed E-state index contributed by atoms with van der Waals surface area (Å²) < 4.78 is 46.5. The molecule has 652 valence electrons. The second-order valence-electron chi connectivity index (χ2n) is 29.9. The molecule has 5 aromatic rings. The number of carbonyl (C=O) groups excluding carboxylic acids is 8. The Morgan fingerprint density at radius 3 is 1.32 bits per heavy atom. The van der Waals surface area contributed by atoms with Gasteiger partial charge in [-0.3, -0.25) is 47.9 Å². The molecule has 0 spiro atoms. The molecule has 2 aromatic heterocycles. The summed E-state index contributed by atoms with van der Waals surface area (Å²) in [7, 11) is 0. The first-order valence-electron chi connectivity index (χ1n) is 42.4. The van der Waals surface area contributed by atoms with Crippen molar-refractivity contribution >= 4 is 76.3 Å². The molecule has 30 heteroatoms. The Hall–Kier alpha value is -9.98. The highest BCUT2D eigenvalue weighted by molar-refractivity contribution is 5.98. The number of hydrogen-bond acceptors (Lipinski definition) is 22. The number of pyridine rings is 2. The monoisotopic (exact) mass is 1650 g/mol. The van der Waals surface area contributed by atoms with Gasteiger partial charge in [-0.05, 0) is 185 Å². The van der Waals surface area contributed by atoms with E-state index in [4.69, 9.17) is 37.9 Å². The number of nitrogens with zero attached hydrogens (tertiary/aromatic N) is 5. The van der Waals surface area contributed by atoms with Crippen molar-refractivity contribution in [1.82, 2.24) is 35.3 Å². The Balaban J connectivity index is 0.694. The van der Waals surface area contributed by atoms with Crippen LogP contribution in [0, 0.1) is 11.8 Å². The minimum absolute atomic E-state index is 0.0612. The van der Waals surface area contributed by atoms with E-state index in [1.54, 1.807) is 34.3 Å². The van der Waals surface area contributed by atoms with E-state index >= 15 is 0 Å². The van der Waals surface area contributed by atoms with E-state index in [-0.39, 0.29) is 85.5 Å². The van der Waals surface area contributed by atoms with E-state index in [9.17, 15) is 58.2 Å². The average molecular weight is 1660 g/mol. The van der Waals surface area contributed by atoms with Crippen LogP contribution >= 0.6 is 0 Å². The summed E-state index contributed by atoms with van der Waals surface area (Å²) in [4.78, 5) is 140. The number of Topliss-reactive ketones (excluding diaryl/α,β-unsaturated/α-hetero) is 2. The third kappa shape index (κ3) is 41.5. The van der Waals surface area contributed by atoms with Crippen LogP contribution < -0.4 is 36.1 Å². The van der Waals surface area contributed by atoms with Crippen molar-refractivity contribution in [2.75, 3.05) is 161 Å². The highest BCUT2D eigenvalue weighted by Gasteiger charge is 2.33. The molecule has 2 atom stereocenters. The van der Waals surface area contributed by atoms with E-state index < -0.39 is 23.8 Å². The number of carbonyl (C=O) groups is 10. The summed E-state index contributed by atoms with van der Waals surface area (Å²) in [5.74, 6) is -1.43. The molecule has 0 fully saturated rings. The maximum atomic E-state index is 13.7. The van der Waals surface area contributed by atoms with Crippen molar-refractivity contribution in [1.29, 1.82) is 0 Å². The van der Waals surface area contributed by atoms with Crippen molar-refractivity contribution in [2.24, 2.45) is 11.8 Å². The molecule has 0 saturated heterocycles. The van der Waals surface area contributed by atoms with Crippen LogP contribution in [0.1, 0.15) is 170 Å². The maximum Gasteiger partial charge on any atom is 0.304 e. The number of aryl methyl sites for hydroxylation is 1. The molecule has 2 aliphatic heterocycles. The van der Waals surface area contributed by atoms with Crippen LogP contribution in [0.4, 0.5) is 17.3 Å². The largest absolute Gasteiger partial charge is 0.494 e. The summed E-state index contributed by atoms with van der Waals surface area (Å²) in [6, 6.07) is 30.1. The van der Waals surface area contributed by atoms with Gasteiger partial charge in [0.2, 0.25) is 35.4 Å². The number of fused-ring (bicyclic) bond motifs is 2. The summed E-state index contributed by atoms with van der Waals surface area (Å²) in [6.07, 6.45) is 13.7. The summed E-state index contributed by atoms with van der Waals surface area (Å²) in [5.41, 5.74) is 5.27. The molecule has 2 unspecified atom stereocenters. The number of hydrogen-bond donors (Lipinski definition) is 7. The standard InChI is InChI=1S/C89H126N10O20/c1-68(100)59-77(101)32-27-69-25-30-76(31-26-69)96-84(104)23-12-24-85(105)97(41-10-2-4-21-82(102)94-39-13-45-112-51-55-116-57-53-114-47-17-43-98-66-74-62-78(118-49-15-37-92-80-19-6-8-35-90-80)33-28-70(74)60-72(88(98)110)64-86(106)107)42-11-3-5-22-83(103)95-40-14-46-113-52-56-117-58-54-115-48-18-44-99-67-75-63-79(119-50-16-38-93-81-20-7-9-36-91-81)34-29-71(75)61-73(89(99)111)65-87(108)109/h6-9,19-20,25-26,28-31,33-36,62-63,72-73H,2-5,10-18,21-24,27,32,37-61,64-67H2,1H3,(H,90,92)(H,91,93)(H,94,102)(H,95,103)(H,96,104)(H,106,107)(H,108,109). The van der Waals surface area contributed by atoms with Gasteiger partial charge < -0.3 is 89.4 Å². The zero-order chi connectivity index (χ0) is 84.7. The molecule has 3 aromatic carbocycles. The molecule has 0 bridgehead atoms. The van der Waals surface area contributed by atoms with E-state index in [2.05, 4.69) is 36.6 Å². The molecular formula is C89H126N10O20. The molecule has 30 nitrogen and oxygen atoms in total.